The number of hydrogen-bond acceptors (Lipinski definition) is 5. The first kappa shape index (κ1) is 25.2. The molecule has 6 heteroatoms. The molecule has 0 aromatic heterocycles. The van der Waals surface area contributed by atoms with Crippen molar-refractivity contribution in [3.8, 4) is 11.1 Å². The summed E-state index contributed by atoms with van der Waals surface area (Å²) in [4.78, 5) is 25.5. The first-order valence-electron chi connectivity index (χ1n) is 11.8. The lowest BCUT2D eigenvalue weighted by atomic mass is 9.93. The topological polar surface area (TPSA) is 64.6 Å². The van der Waals surface area contributed by atoms with E-state index in [1.807, 2.05) is 79.9 Å². The number of carbonyl (C=O) groups excluding carboxylic acids is 2. The van der Waals surface area contributed by atoms with Gasteiger partial charge in [-0.05, 0) is 66.7 Å². The number of nitrogens with one attached hydrogen (secondary N) is 1. The molecular weight excluding hydrogens is 458 g/mol. The summed E-state index contributed by atoms with van der Waals surface area (Å²) in [7, 11) is 0. The Morgan fingerprint density at radius 2 is 1.74 bits per heavy atom. The van der Waals surface area contributed by atoms with Crippen LogP contribution in [0.1, 0.15) is 52.8 Å². The molecule has 1 aliphatic heterocycles. The van der Waals surface area contributed by atoms with Gasteiger partial charge in [-0.2, -0.15) is 11.8 Å². The van der Waals surface area contributed by atoms with Gasteiger partial charge in [0.05, 0.1) is 12.6 Å². The van der Waals surface area contributed by atoms with Crippen molar-refractivity contribution in [2.75, 3.05) is 18.6 Å². The minimum absolute atomic E-state index is 0.0406. The molecule has 1 amide bonds. The number of aryl methyl sites for hydroxylation is 1. The molecule has 3 aromatic rings. The van der Waals surface area contributed by atoms with E-state index in [1.165, 1.54) is 6.92 Å². The standard InChI is InChI=1S/C29H31NO4S/c1-19-9-7-8-12-23(19)25-17-22(29-33-18-27(34-29)21-10-5-4-6-11-21)13-14-24(25)28(32)30-26(20(2)31)15-16-35-3/h4-14,17,26-27,29H,15-16,18H2,1-3H3,(H,30,32)/t26-,27?,29?/m0/s1. The van der Waals surface area contributed by atoms with Gasteiger partial charge < -0.3 is 14.8 Å². The SMILES string of the molecule is CSCC[C@H](NC(=O)c1ccc(C2OCC(c3ccccc3)O2)cc1-c1ccccc1C)C(C)=O. The van der Waals surface area contributed by atoms with Crippen molar-refractivity contribution >= 4 is 23.5 Å². The molecule has 5 nitrogen and oxygen atoms in total. The zero-order valence-corrected chi connectivity index (χ0v) is 21.1. The third-order valence-electron chi connectivity index (χ3n) is 6.26. The molecule has 0 saturated carbocycles. The lowest BCUT2D eigenvalue weighted by molar-refractivity contribution is -0.118. The number of rotatable bonds is 9. The Kier molecular flexibility index (Phi) is 8.39. The molecule has 1 N–H and O–H groups in total. The molecule has 4 rings (SSSR count). The average molecular weight is 490 g/mol. The maximum atomic E-state index is 13.4. The van der Waals surface area contributed by atoms with E-state index in [-0.39, 0.29) is 17.8 Å². The van der Waals surface area contributed by atoms with E-state index in [4.69, 9.17) is 9.47 Å². The van der Waals surface area contributed by atoms with Gasteiger partial charge in [0.15, 0.2) is 12.1 Å². The van der Waals surface area contributed by atoms with Crippen LogP contribution in [-0.2, 0) is 14.3 Å². The Hall–Kier alpha value is -2.93. The van der Waals surface area contributed by atoms with E-state index in [0.29, 0.717) is 18.6 Å². The lowest BCUT2D eigenvalue weighted by Crippen LogP contribution is -2.40. The first-order chi connectivity index (χ1) is 17.0. The monoisotopic (exact) mass is 489 g/mol. The maximum Gasteiger partial charge on any atom is 0.252 e. The number of Topliss-reactive ketones (excluding diaryl/α,β-unsaturated/α-hetero) is 1. The van der Waals surface area contributed by atoms with Crippen LogP contribution in [0.5, 0.6) is 0 Å². The molecule has 0 bridgehead atoms. The van der Waals surface area contributed by atoms with Crippen molar-refractivity contribution in [3.63, 3.8) is 0 Å². The van der Waals surface area contributed by atoms with Gasteiger partial charge in [0, 0.05) is 11.1 Å². The highest BCUT2D eigenvalue weighted by Gasteiger charge is 2.30. The summed E-state index contributed by atoms with van der Waals surface area (Å²) in [6, 6.07) is 23.1. The highest BCUT2D eigenvalue weighted by molar-refractivity contribution is 7.98. The molecule has 182 valence electrons. The summed E-state index contributed by atoms with van der Waals surface area (Å²) < 4.78 is 12.2. The fraction of sp³-hybridized carbons (Fsp3) is 0.310. The molecule has 1 heterocycles. The fourth-order valence-electron chi connectivity index (χ4n) is 4.27. The Morgan fingerprint density at radius 1 is 1.00 bits per heavy atom. The molecule has 0 radical (unpaired) electrons. The Bertz CT molecular complexity index is 1180. The van der Waals surface area contributed by atoms with Crippen molar-refractivity contribution in [3.05, 3.63) is 95.1 Å². The van der Waals surface area contributed by atoms with E-state index in [0.717, 1.165) is 33.6 Å². The fourth-order valence-corrected chi connectivity index (χ4v) is 4.74. The van der Waals surface area contributed by atoms with E-state index in [2.05, 4.69) is 5.32 Å². The van der Waals surface area contributed by atoms with E-state index < -0.39 is 12.3 Å². The highest BCUT2D eigenvalue weighted by Crippen LogP contribution is 2.37. The van der Waals surface area contributed by atoms with Crippen LogP contribution in [0.2, 0.25) is 0 Å². The van der Waals surface area contributed by atoms with Crippen LogP contribution in [0.3, 0.4) is 0 Å². The normalized spacial score (nSPS) is 18.3. The first-order valence-corrected chi connectivity index (χ1v) is 13.2. The molecule has 35 heavy (non-hydrogen) atoms. The van der Waals surface area contributed by atoms with Crippen molar-refractivity contribution < 1.29 is 19.1 Å². The molecule has 1 saturated heterocycles. The Labute approximate surface area is 211 Å². The molecule has 3 atom stereocenters. The molecule has 0 spiro atoms. The third-order valence-corrected chi connectivity index (χ3v) is 6.90. The van der Waals surface area contributed by atoms with Gasteiger partial charge in [-0.25, -0.2) is 0 Å². The summed E-state index contributed by atoms with van der Waals surface area (Å²) in [6.45, 7) is 4.01. The van der Waals surface area contributed by atoms with Crippen LogP contribution in [0, 0.1) is 6.92 Å². The zero-order chi connectivity index (χ0) is 24.8. The Morgan fingerprint density at radius 3 is 2.46 bits per heavy atom. The molecule has 3 aromatic carbocycles. The maximum absolute atomic E-state index is 13.4. The quantitative estimate of drug-likeness (QED) is 0.406. The largest absolute Gasteiger partial charge is 0.345 e. The van der Waals surface area contributed by atoms with Gasteiger partial charge in [-0.15, -0.1) is 0 Å². The number of benzene rings is 3. The highest BCUT2D eigenvalue weighted by atomic mass is 32.2. The summed E-state index contributed by atoms with van der Waals surface area (Å²) >= 11 is 1.66. The third kappa shape index (κ3) is 6.01. The number of thioether (sulfide) groups is 1. The van der Waals surface area contributed by atoms with Crippen LogP contribution in [0.15, 0.2) is 72.8 Å². The summed E-state index contributed by atoms with van der Waals surface area (Å²) in [5, 5.41) is 2.95. The second kappa shape index (κ2) is 11.7. The summed E-state index contributed by atoms with van der Waals surface area (Å²) in [5.74, 6) is 0.500. The van der Waals surface area contributed by atoms with Gasteiger partial charge >= 0.3 is 0 Å². The Balaban J connectivity index is 1.64. The zero-order valence-electron chi connectivity index (χ0n) is 20.3. The van der Waals surface area contributed by atoms with Gasteiger partial charge in [-0.3, -0.25) is 9.59 Å². The minimum Gasteiger partial charge on any atom is -0.345 e. The van der Waals surface area contributed by atoms with Crippen LogP contribution in [-0.4, -0.2) is 36.3 Å². The summed E-state index contributed by atoms with van der Waals surface area (Å²) in [6.07, 6.45) is 1.93. The van der Waals surface area contributed by atoms with Crippen molar-refractivity contribution in [1.82, 2.24) is 5.32 Å². The van der Waals surface area contributed by atoms with Crippen molar-refractivity contribution in [2.45, 2.75) is 38.7 Å². The number of amides is 1. The smallest absolute Gasteiger partial charge is 0.252 e. The van der Waals surface area contributed by atoms with Crippen LogP contribution >= 0.6 is 11.8 Å². The summed E-state index contributed by atoms with van der Waals surface area (Å²) in [5.41, 5.74) is 5.26. The van der Waals surface area contributed by atoms with Gasteiger partial charge in [0.25, 0.3) is 5.91 Å². The predicted molar refractivity (Wildman–Crippen MR) is 141 cm³/mol. The lowest BCUT2D eigenvalue weighted by Gasteiger charge is -2.19. The number of carbonyl (C=O) groups is 2. The van der Waals surface area contributed by atoms with E-state index >= 15 is 0 Å². The van der Waals surface area contributed by atoms with Crippen molar-refractivity contribution in [1.29, 1.82) is 0 Å². The van der Waals surface area contributed by atoms with Crippen LogP contribution in [0.25, 0.3) is 11.1 Å². The average Bonchev–Trinajstić information content (AvgIpc) is 3.37. The van der Waals surface area contributed by atoms with Crippen molar-refractivity contribution in [2.24, 2.45) is 0 Å². The van der Waals surface area contributed by atoms with Gasteiger partial charge in [0.1, 0.15) is 6.10 Å². The molecule has 0 aliphatic carbocycles. The molecule has 1 fully saturated rings. The second-order valence-corrected chi connectivity index (χ2v) is 9.72. The molecule has 2 unspecified atom stereocenters. The number of hydrogen-bond donors (Lipinski definition) is 1. The molecule has 1 aliphatic rings. The number of ketones is 1. The number of ether oxygens (including phenoxy) is 2. The van der Waals surface area contributed by atoms with E-state index in [1.54, 1.807) is 17.8 Å². The molecular formula is C29H31NO4S. The minimum atomic E-state index is -0.522. The van der Waals surface area contributed by atoms with Gasteiger partial charge in [-0.1, -0.05) is 60.7 Å². The van der Waals surface area contributed by atoms with E-state index in [9.17, 15) is 9.59 Å². The van der Waals surface area contributed by atoms with Crippen LogP contribution in [0.4, 0.5) is 0 Å². The predicted octanol–water partition coefficient (Wildman–Crippen LogP) is 5.89. The second-order valence-electron chi connectivity index (χ2n) is 8.74. The van der Waals surface area contributed by atoms with Crippen LogP contribution < -0.4 is 5.32 Å². The van der Waals surface area contributed by atoms with Gasteiger partial charge in [0.2, 0.25) is 0 Å².